The van der Waals surface area contributed by atoms with Crippen molar-refractivity contribution in [1.29, 1.82) is 0 Å². The number of carbonyl (C=O) groups excluding carboxylic acids is 1. The highest BCUT2D eigenvalue weighted by molar-refractivity contribution is 9.10. The molecule has 1 atom stereocenters. The second-order valence-electron chi connectivity index (χ2n) is 5.86. The van der Waals surface area contributed by atoms with Gasteiger partial charge >= 0.3 is 5.76 Å². The van der Waals surface area contributed by atoms with Gasteiger partial charge in [0.25, 0.3) is 0 Å². The average Bonchev–Trinajstić information content (AvgIpc) is 2.87. The molecule has 0 bridgehead atoms. The molecule has 1 heterocycles. The van der Waals surface area contributed by atoms with Crippen LogP contribution >= 0.6 is 15.9 Å². The van der Waals surface area contributed by atoms with Gasteiger partial charge in [0.2, 0.25) is 10.0 Å². The SMILES string of the molecule is Cn1c(=O)oc2cc(S(=O)(=O)NC(CC(=O)[O-])c3cccc(Br)c3)ccc21. The molecule has 3 rings (SSSR count). The van der Waals surface area contributed by atoms with E-state index in [1.54, 1.807) is 24.3 Å². The molecule has 0 aliphatic heterocycles. The monoisotopic (exact) mass is 453 g/mol. The Morgan fingerprint density at radius 2 is 2.04 bits per heavy atom. The summed E-state index contributed by atoms with van der Waals surface area (Å²) in [4.78, 5) is 22.5. The highest BCUT2D eigenvalue weighted by Crippen LogP contribution is 2.24. The van der Waals surface area contributed by atoms with E-state index in [0.717, 1.165) is 0 Å². The minimum atomic E-state index is -4.09. The van der Waals surface area contributed by atoms with Gasteiger partial charge in [-0.3, -0.25) is 4.57 Å². The van der Waals surface area contributed by atoms with Gasteiger partial charge in [-0.25, -0.2) is 17.9 Å². The Hall–Kier alpha value is -2.43. The van der Waals surface area contributed by atoms with Gasteiger partial charge in [-0.2, -0.15) is 0 Å². The lowest BCUT2D eigenvalue weighted by molar-refractivity contribution is -0.306. The number of aliphatic carboxylic acids is 1. The molecule has 1 unspecified atom stereocenters. The van der Waals surface area contributed by atoms with Crippen molar-refractivity contribution < 1.29 is 22.7 Å². The fourth-order valence-electron chi connectivity index (χ4n) is 2.65. The number of hydrogen-bond donors (Lipinski definition) is 1. The van der Waals surface area contributed by atoms with Gasteiger partial charge < -0.3 is 14.3 Å². The van der Waals surface area contributed by atoms with Crippen molar-refractivity contribution in [3.05, 3.63) is 63.1 Å². The summed E-state index contributed by atoms with van der Waals surface area (Å²) in [6.07, 6.45) is -0.543. The van der Waals surface area contributed by atoms with E-state index < -0.39 is 34.2 Å². The Kier molecular flexibility index (Phi) is 5.22. The van der Waals surface area contributed by atoms with E-state index in [1.807, 2.05) is 0 Å². The largest absolute Gasteiger partial charge is 0.550 e. The normalized spacial score (nSPS) is 13.0. The maximum atomic E-state index is 12.8. The highest BCUT2D eigenvalue weighted by Gasteiger charge is 2.23. The zero-order valence-electron chi connectivity index (χ0n) is 14.0. The number of carboxylic acids is 1. The summed E-state index contributed by atoms with van der Waals surface area (Å²) in [5.41, 5.74) is 1.02. The molecular weight excluding hydrogens is 440 g/mol. The van der Waals surface area contributed by atoms with Crippen LogP contribution in [0.25, 0.3) is 11.1 Å². The first-order chi connectivity index (χ1) is 12.7. The zero-order valence-corrected chi connectivity index (χ0v) is 16.4. The van der Waals surface area contributed by atoms with E-state index in [0.29, 0.717) is 15.6 Å². The predicted octanol–water partition coefficient (Wildman–Crippen LogP) is 1.05. The molecule has 0 saturated carbocycles. The van der Waals surface area contributed by atoms with E-state index in [-0.39, 0.29) is 10.5 Å². The Balaban J connectivity index is 1.99. The van der Waals surface area contributed by atoms with Crippen molar-refractivity contribution in [3.63, 3.8) is 0 Å². The number of oxazole rings is 1. The highest BCUT2D eigenvalue weighted by atomic mass is 79.9. The lowest BCUT2D eigenvalue weighted by Gasteiger charge is -2.20. The molecule has 27 heavy (non-hydrogen) atoms. The van der Waals surface area contributed by atoms with Crippen molar-refractivity contribution in [1.82, 2.24) is 9.29 Å². The van der Waals surface area contributed by atoms with Gasteiger partial charge in [-0.15, -0.1) is 0 Å². The number of carboxylic acid groups (broad SMARTS) is 1. The number of fused-ring (bicyclic) bond motifs is 1. The van der Waals surface area contributed by atoms with Gasteiger partial charge in [-0.05, 0) is 29.8 Å². The van der Waals surface area contributed by atoms with E-state index in [9.17, 15) is 23.1 Å². The fourth-order valence-corrected chi connectivity index (χ4v) is 4.31. The first kappa shape index (κ1) is 19.3. The second-order valence-corrected chi connectivity index (χ2v) is 8.49. The van der Waals surface area contributed by atoms with Crippen molar-refractivity contribution in [2.24, 2.45) is 7.05 Å². The molecule has 0 spiro atoms. The number of aromatic nitrogens is 1. The van der Waals surface area contributed by atoms with Gasteiger partial charge in [0.05, 0.1) is 16.5 Å². The van der Waals surface area contributed by atoms with Crippen LogP contribution in [0.3, 0.4) is 0 Å². The molecule has 0 fully saturated rings. The van der Waals surface area contributed by atoms with Crippen molar-refractivity contribution in [2.45, 2.75) is 17.4 Å². The third kappa shape index (κ3) is 4.12. The summed E-state index contributed by atoms with van der Waals surface area (Å²) in [5, 5.41) is 11.1. The predicted molar refractivity (Wildman–Crippen MR) is 98.3 cm³/mol. The Bertz CT molecular complexity index is 1180. The van der Waals surface area contributed by atoms with Crippen LogP contribution in [0.5, 0.6) is 0 Å². The standard InChI is InChI=1S/C17H15BrN2O6S/c1-20-14-6-5-12(8-15(14)26-17(20)23)27(24,25)19-13(9-16(21)22)10-3-2-4-11(18)7-10/h2-8,13,19H,9H2,1H3,(H,21,22)/p-1. The van der Waals surface area contributed by atoms with E-state index in [4.69, 9.17) is 4.42 Å². The molecule has 8 nitrogen and oxygen atoms in total. The molecule has 1 aromatic heterocycles. The van der Waals surface area contributed by atoms with E-state index in [2.05, 4.69) is 20.7 Å². The van der Waals surface area contributed by atoms with Gasteiger partial charge in [0, 0.05) is 30.0 Å². The number of hydrogen-bond acceptors (Lipinski definition) is 6. The Labute approximate surface area is 162 Å². The molecule has 0 amide bonds. The van der Waals surface area contributed by atoms with Crippen LogP contribution in [0, 0.1) is 0 Å². The van der Waals surface area contributed by atoms with Crippen molar-refractivity contribution >= 4 is 43.0 Å². The molecule has 10 heteroatoms. The maximum absolute atomic E-state index is 12.8. The van der Waals surface area contributed by atoms with Crippen LogP contribution in [0.1, 0.15) is 18.0 Å². The summed E-state index contributed by atoms with van der Waals surface area (Å²) in [7, 11) is -2.59. The third-order valence-corrected chi connectivity index (χ3v) is 5.96. The van der Waals surface area contributed by atoms with Crippen LogP contribution in [0.4, 0.5) is 0 Å². The molecule has 0 aliphatic carbocycles. The number of halogens is 1. The second kappa shape index (κ2) is 7.29. The van der Waals surface area contributed by atoms with Gasteiger partial charge in [0.1, 0.15) is 0 Å². The van der Waals surface area contributed by atoms with Crippen molar-refractivity contribution in [3.8, 4) is 0 Å². The maximum Gasteiger partial charge on any atom is 0.419 e. The minimum Gasteiger partial charge on any atom is -0.550 e. The molecule has 0 saturated heterocycles. The van der Waals surface area contributed by atoms with Crippen LogP contribution in [-0.2, 0) is 21.9 Å². The first-order valence-electron chi connectivity index (χ1n) is 7.74. The Morgan fingerprint density at radius 1 is 1.30 bits per heavy atom. The van der Waals surface area contributed by atoms with Crippen LogP contribution < -0.4 is 15.6 Å². The summed E-state index contributed by atoms with van der Waals surface area (Å²) in [5.74, 6) is -2.01. The quantitative estimate of drug-likeness (QED) is 0.595. The summed E-state index contributed by atoms with van der Waals surface area (Å²) >= 11 is 3.27. The summed E-state index contributed by atoms with van der Waals surface area (Å²) < 4.78 is 34.8. The van der Waals surface area contributed by atoms with Crippen molar-refractivity contribution in [2.75, 3.05) is 0 Å². The number of carbonyl (C=O) groups is 1. The van der Waals surface area contributed by atoms with E-state index >= 15 is 0 Å². The summed E-state index contributed by atoms with van der Waals surface area (Å²) in [6.45, 7) is 0. The number of nitrogens with zero attached hydrogens (tertiary/aromatic N) is 1. The Morgan fingerprint density at radius 3 is 2.70 bits per heavy atom. The third-order valence-electron chi connectivity index (χ3n) is 3.99. The summed E-state index contributed by atoms with van der Waals surface area (Å²) in [6, 6.07) is 9.58. The number of sulfonamides is 1. The molecule has 0 aliphatic rings. The molecule has 0 radical (unpaired) electrons. The number of benzene rings is 2. The first-order valence-corrected chi connectivity index (χ1v) is 10.0. The van der Waals surface area contributed by atoms with Gasteiger partial charge in [0.15, 0.2) is 5.58 Å². The van der Waals surface area contributed by atoms with Crippen LogP contribution in [0.2, 0.25) is 0 Å². The minimum absolute atomic E-state index is 0.115. The van der Waals surface area contributed by atoms with E-state index in [1.165, 1.54) is 29.8 Å². The lowest BCUT2D eigenvalue weighted by atomic mass is 10.1. The molecule has 3 aromatic rings. The van der Waals surface area contributed by atoms with Crippen LogP contribution in [-0.4, -0.2) is 19.0 Å². The number of nitrogens with one attached hydrogen (secondary N) is 1. The zero-order chi connectivity index (χ0) is 19.8. The molecule has 1 N–H and O–H groups in total. The molecular formula is C17H14BrN2O6S-. The topological polar surface area (TPSA) is 121 Å². The molecule has 142 valence electrons. The smallest absolute Gasteiger partial charge is 0.419 e. The van der Waals surface area contributed by atoms with Gasteiger partial charge in [-0.1, -0.05) is 28.1 Å². The fraction of sp³-hybridized carbons (Fsp3) is 0.176. The number of aryl methyl sites for hydroxylation is 1. The average molecular weight is 454 g/mol. The molecule has 2 aromatic carbocycles. The van der Waals surface area contributed by atoms with Crippen LogP contribution in [0.15, 0.2) is 61.0 Å². The number of rotatable bonds is 6. The lowest BCUT2D eigenvalue weighted by Crippen LogP contribution is -2.34.